The molecule has 58 valence electrons. The molecule has 0 heterocycles. The molecule has 1 fully saturated rings. The summed E-state index contributed by atoms with van der Waals surface area (Å²) in [6, 6.07) is 0. The first-order chi connectivity index (χ1) is 4.52. The van der Waals surface area contributed by atoms with E-state index in [9.17, 15) is 4.79 Å². The molecule has 2 heteroatoms. The van der Waals surface area contributed by atoms with Gasteiger partial charge in [0.25, 0.3) is 0 Å². The molecule has 0 saturated heterocycles. The summed E-state index contributed by atoms with van der Waals surface area (Å²) in [6.07, 6.45) is 3.08. The molecule has 0 aromatic heterocycles. The monoisotopic (exact) mass is 160 g/mol. The van der Waals surface area contributed by atoms with Gasteiger partial charge in [0.1, 0.15) is 0 Å². The van der Waals surface area contributed by atoms with E-state index in [1.807, 2.05) is 0 Å². The van der Waals surface area contributed by atoms with E-state index in [-0.39, 0.29) is 10.7 Å². The van der Waals surface area contributed by atoms with Crippen molar-refractivity contribution >= 4 is 16.8 Å². The number of halogens is 1. The first-order valence-corrected chi connectivity index (χ1v) is 4.08. The normalized spacial score (nSPS) is 19.1. The number of rotatable bonds is 3. The Kier molecular flexibility index (Phi) is 2.04. The van der Waals surface area contributed by atoms with Crippen molar-refractivity contribution in [2.24, 2.45) is 11.3 Å². The highest BCUT2D eigenvalue weighted by molar-refractivity contribution is 6.63. The molecular formula is C8H13ClO. The van der Waals surface area contributed by atoms with Crippen LogP contribution in [0.15, 0.2) is 0 Å². The lowest BCUT2D eigenvalue weighted by Crippen LogP contribution is -2.16. The average molecular weight is 161 g/mol. The molecule has 1 rings (SSSR count). The molecule has 0 aliphatic heterocycles. The van der Waals surface area contributed by atoms with Crippen LogP contribution >= 0.6 is 11.6 Å². The van der Waals surface area contributed by atoms with Crippen LogP contribution in [0.4, 0.5) is 0 Å². The molecule has 1 nitrogen and oxygen atoms in total. The van der Waals surface area contributed by atoms with E-state index < -0.39 is 0 Å². The fourth-order valence-corrected chi connectivity index (χ4v) is 1.71. The van der Waals surface area contributed by atoms with Crippen molar-refractivity contribution in [2.45, 2.75) is 33.1 Å². The number of hydrogen-bond acceptors (Lipinski definition) is 1. The van der Waals surface area contributed by atoms with Crippen molar-refractivity contribution < 1.29 is 4.79 Å². The predicted molar refractivity (Wildman–Crippen MR) is 42.0 cm³/mol. The molecule has 1 aliphatic carbocycles. The molecule has 0 N–H and O–H groups in total. The Labute approximate surface area is 66.8 Å². The standard InChI is InChI=1S/C8H13ClO/c1-8(2,5-7(9)10)6-3-4-6/h6H,3-5H2,1-2H3. The number of hydrogen-bond donors (Lipinski definition) is 0. The maximum Gasteiger partial charge on any atom is 0.222 e. The van der Waals surface area contributed by atoms with Crippen molar-refractivity contribution in [1.82, 2.24) is 0 Å². The highest BCUT2D eigenvalue weighted by atomic mass is 35.5. The van der Waals surface area contributed by atoms with E-state index in [0.717, 1.165) is 5.92 Å². The second-order valence-corrected chi connectivity index (χ2v) is 4.22. The smallest absolute Gasteiger partial charge is 0.222 e. The molecule has 1 aliphatic rings. The molecule has 0 spiro atoms. The highest BCUT2D eigenvalue weighted by Crippen LogP contribution is 2.47. The lowest BCUT2D eigenvalue weighted by molar-refractivity contribution is -0.113. The Morgan fingerprint density at radius 1 is 1.60 bits per heavy atom. The minimum absolute atomic E-state index is 0.152. The Morgan fingerprint density at radius 2 is 2.10 bits per heavy atom. The second-order valence-electron chi connectivity index (χ2n) is 3.79. The molecule has 0 atom stereocenters. The van der Waals surface area contributed by atoms with Crippen LogP contribution in [0.5, 0.6) is 0 Å². The van der Waals surface area contributed by atoms with Gasteiger partial charge in [-0.25, -0.2) is 0 Å². The van der Waals surface area contributed by atoms with Crippen LogP contribution in [0.1, 0.15) is 33.1 Å². The summed E-state index contributed by atoms with van der Waals surface area (Å²) >= 11 is 5.30. The van der Waals surface area contributed by atoms with Crippen LogP contribution in [0.2, 0.25) is 0 Å². The first kappa shape index (κ1) is 8.06. The Morgan fingerprint density at radius 3 is 2.40 bits per heavy atom. The zero-order valence-corrected chi connectivity index (χ0v) is 7.24. The van der Waals surface area contributed by atoms with Gasteiger partial charge < -0.3 is 0 Å². The van der Waals surface area contributed by atoms with Gasteiger partial charge in [0, 0.05) is 6.42 Å². The second kappa shape index (κ2) is 2.54. The van der Waals surface area contributed by atoms with Gasteiger partial charge in [-0.3, -0.25) is 4.79 Å². The quantitative estimate of drug-likeness (QED) is 0.580. The summed E-state index contributed by atoms with van der Waals surface area (Å²) in [7, 11) is 0. The zero-order chi connectivity index (χ0) is 7.78. The summed E-state index contributed by atoms with van der Waals surface area (Å²) in [4.78, 5) is 10.6. The Bertz CT molecular complexity index is 147. The van der Waals surface area contributed by atoms with Crippen LogP contribution in [0.3, 0.4) is 0 Å². The van der Waals surface area contributed by atoms with Crippen LogP contribution in [-0.4, -0.2) is 5.24 Å². The lowest BCUT2D eigenvalue weighted by atomic mass is 9.84. The van der Waals surface area contributed by atoms with Crippen molar-refractivity contribution in [3.63, 3.8) is 0 Å². The predicted octanol–water partition coefficient (Wildman–Crippen LogP) is 2.58. The Hall–Kier alpha value is -0.0400. The molecular weight excluding hydrogens is 148 g/mol. The molecule has 0 bridgehead atoms. The van der Waals surface area contributed by atoms with E-state index in [0.29, 0.717) is 6.42 Å². The molecule has 1 saturated carbocycles. The van der Waals surface area contributed by atoms with Gasteiger partial charge in [0.05, 0.1) is 0 Å². The molecule has 0 aromatic carbocycles. The van der Waals surface area contributed by atoms with Crippen LogP contribution in [0.25, 0.3) is 0 Å². The van der Waals surface area contributed by atoms with Gasteiger partial charge in [-0.05, 0) is 35.8 Å². The van der Waals surface area contributed by atoms with E-state index in [1.54, 1.807) is 0 Å². The largest absolute Gasteiger partial charge is 0.281 e. The maximum absolute atomic E-state index is 10.6. The lowest BCUT2D eigenvalue weighted by Gasteiger charge is -2.21. The van der Waals surface area contributed by atoms with Crippen molar-refractivity contribution in [2.75, 3.05) is 0 Å². The van der Waals surface area contributed by atoms with Gasteiger partial charge in [0.15, 0.2) is 0 Å². The average Bonchev–Trinajstić information content (AvgIpc) is 2.35. The van der Waals surface area contributed by atoms with E-state index in [4.69, 9.17) is 11.6 Å². The van der Waals surface area contributed by atoms with Crippen LogP contribution < -0.4 is 0 Å². The van der Waals surface area contributed by atoms with Gasteiger partial charge >= 0.3 is 0 Å². The third kappa shape index (κ3) is 1.98. The van der Waals surface area contributed by atoms with Gasteiger partial charge in [0.2, 0.25) is 5.24 Å². The molecule has 0 amide bonds. The van der Waals surface area contributed by atoms with E-state index >= 15 is 0 Å². The summed E-state index contributed by atoms with van der Waals surface area (Å²) in [5.41, 5.74) is 0.152. The van der Waals surface area contributed by atoms with Crippen molar-refractivity contribution in [3.8, 4) is 0 Å². The summed E-state index contributed by atoms with van der Waals surface area (Å²) < 4.78 is 0. The fourth-order valence-electron chi connectivity index (χ4n) is 1.37. The summed E-state index contributed by atoms with van der Waals surface area (Å²) in [6.45, 7) is 4.23. The van der Waals surface area contributed by atoms with Crippen LogP contribution in [0, 0.1) is 11.3 Å². The van der Waals surface area contributed by atoms with Crippen LogP contribution in [-0.2, 0) is 4.79 Å². The molecule has 10 heavy (non-hydrogen) atoms. The van der Waals surface area contributed by atoms with Gasteiger partial charge in [-0.15, -0.1) is 0 Å². The third-order valence-corrected chi connectivity index (χ3v) is 2.41. The minimum atomic E-state index is -0.197. The number of carbonyl (C=O) groups is 1. The first-order valence-electron chi connectivity index (χ1n) is 3.71. The van der Waals surface area contributed by atoms with E-state index in [1.165, 1.54) is 12.8 Å². The maximum atomic E-state index is 10.6. The molecule has 0 aromatic rings. The Balaban J connectivity index is 2.41. The van der Waals surface area contributed by atoms with Gasteiger partial charge in [-0.1, -0.05) is 13.8 Å². The molecule has 0 unspecified atom stereocenters. The third-order valence-electron chi connectivity index (χ3n) is 2.28. The SMILES string of the molecule is CC(C)(CC(=O)Cl)C1CC1. The number of carbonyl (C=O) groups excluding carboxylic acids is 1. The highest BCUT2D eigenvalue weighted by Gasteiger charge is 2.38. The van der Waals surface area contributed by atoms with E-state index in [2.05, 4.69) is 13.8 Å². The summed E-state index contributed by atoms with van der Waals surface area (Å²) in [5.74, 6) is 0.746. The topological polar surface area (TPSA) is 17.1 Å². The van der Waals surface area contributed by atoms with Gasteiger partial charge in [-0.2, -0.15) is 0 Å². The minimum Gasteiger partial charge on any atom is -0.281 e. The molecule has 0 radical (unpaired) electrons. The zero-order valence-electron chi connectivity index (χ0n) is 6.48. The van der Waals surface area contributed by atoms with Crippen molar-refractivity contribution in [3.05, 3.63) is 0 Å². The summed E-state index contributed by atoms with van der Waals surface area (Å²) in [5, 5.41) is -0.197. The van der Waals surface area contributed by atoms with Crippen molar-refractivity contribution in [1.29, 1.82) is 0 Å². The fraction of sp³-hybridized carbons (Fsp3) is 0.875.